The molecule has 2 aliphatic carbocycles. The molecule has 6 heterocycles. The van der Waals surface area contributed by atoms with Crippen LogP contribution in [0.25, 0.3) is 11.1 Å². The Labute approximate surface area is 744 Å². The van der Waals surface area contributed by atoms with Crippen molar-refractivity contribution in [3.63, 3.8) is 0 Å². The number of morpholine rings is 1. The highest BCUT2D eigenvalue weighted by Gasteiger charge is 2.33. The number of nitrogens with zero attached hydrogens (tertiary/aromatic N) is 7. The summed E-state index contributed by atoms with van der Waals surface area (Å²) < 4.78 is 22.3. The minimum atomic E-state index is -0.195. The molecule has 3 saturated heterocycles. The number of H-pyrrole nitrogens is 3. The van der Waals surface area contributed by atoms with Crippen molar-refractivity contribution in [2.24, 2.45) is 5.92 Å². The van der Waals surface area contributed by atoms with Crippen LogP contribution in [0.5, 0.6) is 5.75 Å². The average Bonchev–Trinajstić information content (AvgIpc) is 0.770. The van der Waals surface area contributed by atoms with E-state index in [1.165, 1.54) is 12.8 Å². The Morgan fingerprint density at radius 1 is 0.480 bits per heavy atom. The van der Waals surface area contributed by atoms with Gasteiger partial charge < -0.3 is 79.2 Å². The van der Waals surface area contributed by atoms with Gasteiger partial charge in [-0.15, -0.1) is 0 Å². The maximum atomic E-state index is 13.8. The van der Waals surface area contributed by atoms with Crippen molar-refractivity contribution in [3.8, 4) is 40.6 Å². The third-order valence-electron chi connectivity index (χ3n) is 26.2. The normalized spacial score (nSPS) is 17.6. The van der Waals surface area contributed by atoms with Crippen LogP contribution in [0.4, 0.5) is 17.1 Å². The van der Waals surface area contributed by atoms with Crippen molar-refractivity contribution in [3.05, 3.63) is 205 Å². The number of carbonyl (C=O) groups excluding carboxylic acids is 3. The van der Waals surface area contributed by atoms with Crippen molar-refractivity contribution in [2.75, 3.05) is 149 Å². The van der Waals surface area contributed by atoms with Crippen molar-refractivity contribution in [1.82, 2.24) is 50.5 Å². The highest BCUT2D eigenvalue weighted by atomic mass is 16.5. The summed E-state index contributed by atoms with van der Waals surface area (Å²) in [5, 5.41) is 9.09. The van der Waals surface area contributed by atoms with Crippen LogP contribution < -0.4 is 52.1 Å². The molecule has 3 aromatic heterocycles. The molecule has 125 heavy (non-hydrogen) atoms. The van der Waals surface area contributed by atoms with Gasteiger partial charge in [0.15, 0.2) is 0 Å². The van der Waals surface area contributed by atoms with E-state index in [1.807, 2.05) is 104 Å². The van der Waals surface area contributed by atoms with Gasteiger partial charge in [-0.2, -0.15) is 0 Å². The first kappa shape index (κ1) is 97.4. The molecule has 12 rings (SSSR count). The molecule has 0 atom stereocenters. The molecule has 0 unspecified atom stereocenters. The number of carbonyl (C=O) groups is 3. The average molecular weight is 1710 g/mol. The molecule has 3 aliphatic heterocycles. The number of benzene rings is 4. The van der Waals surface area contributed by atoms with Gasteiger partial charge in [0.25, 0.3) is 34.4 Å². The Morgan fingerprint density at radius 3 is 1.33 bits per heavy atom. The molecule has 0 spiro atoms. The molecule has 23 nitrogen and oxygen atoms in total. The van der Waals surface area contributed by atoms with Gasteiger partial charge >= 0.3 is 0 Å². The highest BCUT2D eigenvalue weighted by Crippen LogP contribution is 2.39. The van der Waals surface area contributed by atoms with Crippen LogP contribution in [-0.2, 0) is 33.8 Å². The number of hydrogen-bond donors (Lipinski definition) is 6. The SMILES string of the molecule is CCCCOc1ccc(-c2cc(C(=O)NCc3c(C)cc(C)[nH]c3=O)c(C)c(N(CC)C3CCC(N(C)C)CC3)c2)cc1.CCN(c1cc(C#CC2CCN(C)CC2)cc(C(=O)NCc2c(C)cc(C)[nH]c2=O)c1C)C1CCOCC1.CCN(c1cc(C#CCN2CCOCC2)cc(C(=O)NCc2c(C)cc(C)[nH]c2=O)c1C)C1CCC(N(C)CCOC)CC1. The van der Waals surface area contributed by atoms with E-state index in [0.29, 0.717) is 82.7 Å². The van der Waals surface area contributed by atoms with Gasteiger partial charge in [-0.1, -0.05) is 49.2 Å². The van der Waals surface area contributed by atoms with Gasteiger partial charge in [-0.3, -0.25) is 33.7 Å². The topological polar surface area (TPSA) is 245 Å². The van der Waals surface area contributed by atoms with E-state index in [2.05, 4.69) is 182 Å². The Hall–Kier alpha value is -9.82. The number of pyridine rings is 3. The first-order valence-electron chi connectivity index (χ1n) is 45.9. The first-order chi connectivity index (χ1) is 60.1. The van der Waals surface area contributed by atoms with Gasteiger partial charge in [-0.05, 0) is 319 Å². The van der Waals surface area contributed by atoms with E-state index in [1.54, 1.807) is 7.11 Å². The van der Waals surface area contributed by atoms with E-state index >= 15 is 0 Å². The van der Waals surface area contributed by atoms with E-state index in [-0.39, 0.29) is 54.0 Å². The number of aromatic amines is 3. The Kier molecular flexibility index (Phi) is 37.1. The van der Waals surface area contributed by atoms with E-state index in [4.69, 9.17) is 18.9 Å². The maximum Gasteiger partial charge on any atom is 0.253 e. The number of methoxy groups -OCH3 is 1. The summed E-state index contributed by atoms with van der Waals surface area (Å²) in [7, 11) is 10.5. The number of rotatable bonds is 29. The minimum Gasteiger partial charge on any atom is -0.494 e. The van der Waals surface area contributed by atoms with Crippen molar-refractivity contribution in [1.29, 1.82) is 0 Å². The van der Waals surface area contributed by atoms with Crippen LogP contribution in [-0.4, -0.2) is 216 Å². The summed E-state index contributed by atoms with van der Waals surface area (Å²) in [5.74, 6) is 14.3. The van der Waals surface area contributed by atoms with Crippen LogP contribution >= 0.6 is 0 Å². The number of aromatic nitrogens is 3. The predicted molar refractivity (Wildman–Crippen MR) is 507 cm³/mol. The zero-order chi connectivity index (χ0) is 90.0. The van der Waals surface area contributed by atoms with Gasteiger partial charge in [0.2, 0.25) is 0 Å². The number of likely N-dealkylation sites (tertiary alicyclic amines) is 1. The maximum absolute atomic E-state index is 13.8. The number of anilines is 3. The number of ether oxygens (including phenoxy) is 4. The molecule has 5 fully saturated rings. The van der Waals surface area contributed by atoms with Crippen LogP contribution in [0.3, 0.4) is 0 Å². The zero-order valence-electron chi connectivity index (χ0n) is 78.3. The molecule has 7 aromatic rings. The molecular weight excluding hydrogens is 1570 g/mol. The number of likely N-dealkylation sites (N-methyl/N-ethyl adjacent to an activating group) is 1. The summed E-state index contributed by atoms with van der Waals surface area (Å²) in [6.07, 6.45) is 15.3. The molecule has 4 aromatic carbocycles. The summed E-state index contributed by atoms with van der Waals surface area (Å²) in [6, 6.07) is 28.7. The fourth-order valence-electron chi connectivity index (χ4n) is 18.5. The zero-order valence-corrected chi connectivity index (χ0v) is 78.3. The standard InChI is InChI=1S/C36H50N4O3.C35H51N5O4.C31H42N4O3/c1-8-10-19-43-31-17-11-27(12-18-31)28-21-32(35(41)37-23-33-24(3)20-25(4)38-36(33)42)26(5)34(22-28)40(9-2)30-15-13-29(14-16-30)39(6)7;1-7-40(30-12-10-29(11-13-30)38(5)15-18-43-6)33-23-28(9-8-14-39-16-19-44-20-17-39)22-31(27(33)4)34(41)36-24-32-25(2)21-26(3)37-35(32)42;1-6-35(26-11-15-38-16-12-26)29-19-25(8-7-24-9-13-34(5)14-10-24)18-27(23(29)4)30(36)32-20-28-21(2)17-22(3)33-31(28)37/h11-12,17-18,20-22,29-30H,8-10,13-16,19,23H2,1-7H3,(H,37,41)(H,38,42);21-23,29-30H,7,10-20,24H2,1-6H3,(H,36,41)(H,37,42);17-19,24,26H,6,9-16,20H2,1-5H3,(H,32,36)(H,33,37). The molecule has 2 saturated carbocycles. The van der Waals surface area contributed by atoms with E-state index < -0.39 is 0 Å². The van der Waals surface area contributed by atoms with Crippen LogP contribution in [0.2, 0.25) is 0 Å². The summed E-state index contributed by atoms with van der Waals surface area (Å²) in [5.41, 5.74) is 18.0. The van der Waals surface area contributed by atoms with Crippen molar-refractivity contribution in [2.45, 2.75) is 230 Å². The largest absolute Gasteiger partial charge is 0.494 e. The smallest absolute Gasteiger partial charge is 0.253 e. The fraction of sp³-hybridized carbons (Fsp3) is 0.549. The number of hydrogen-bond acceptors (Lipinski definition) is 17. The lowest BCUT2D eigenvalue weighted by Gasteiger charge is -2.41. The number of piperidine rings is 1. The van der Waals surface area contributed by atoms with Crippen molar-refractivity contribution >= 4 is 34.8 Å². The molecular formula is C102H143N13O10. The van der Waals surface area contributed by atoms with Gasteiger partial charge in [-0.25, -0.2) is 0 Å². The summed E-state index contributed by atoms with van der Waals surface area (Å²) >= 11 is 0. The number of unbranched alkanes of at least 4 members (excludes halogenated alkanes) is 1. The third-order valence-corrected chi connectivity index (χ3v) is 26.2. The minimum absolute atomic E-state index is 0.157. The van der Waals surface area contributed by atoms with Crippen molar-refractivity contribution < 1.29 is 33.3 Å². The molecule has 0 bridgehead atoms. The third kappa shape index (κ3) is 26.9. The lowest BCUT2D eigenvalue weighted by atomic mass is 9.88. The van der Waals surface area contributed by atoms with Gasteiger partial charge in [0.1, 0.15) is 5.75 Å². The van der Waals surface area contributed by atoms with Crippen LogP contribution in [0.1, 0.15) is 227 Å². The fourth-order valence-corrected chi connectivity index (χ4v) is 18.5. The van der Waals surface area contributed by atoms with Crippen LogP contribution in [0, 0.1) is 91.9 Å². The van der Waals surface area contributed by atoms with Gasteiger partial charge in [0.05, 0.1) is 33.0 Å². The molecule has 6 N–H and O–H groups in total. The Balaban J connectivity index is 0.000000196. The lowest BCUT2D eigenvalue weighted by Crippen LogP contribution is -2.44. The van der Waals surface area contributed by atoms with Gasteiger partial charge in [0, 0.05) is 194 Å². The summed E-state index contributed by atoms with van der Waals surface area (Å²) in [6.45, 7) is 39.2. The first-order valence-corrected chi connectivity index (χ1v) is 45.9. The highest BCUT2D eigenvalue weighted by molar-refractivity contribution is 6.00. The summed E-state index contributed by atoms with van der Waals surface area (Å²) in [4.78, 5) is 104. The number of nitrogens with one attached hydrogen (secondary N) is 6. The molecule has 3 amide bonds. The number of aryl methyl sites for hydroxylation is 6. The second-order valence-electron chi connectivity index (χ2n) is 35.2. The molecule has 23 heteroatoms. The Bertz CT molecular complexity index is 5070. The second kappa shape index (κ2) is 47.7. The lowest BCUT2D eigenvalue weighted by molar-refractivity contribution is 0.0443. The quantitative estimate of drug-likeness (QED) is 0.0188. The predicted octanol–water partition coefficient (Wildman–Crippen LogP) is 14.3. The Morgan fingerprint density at radius 2 is 0.896 bits per heavy atom. The van der Waals surface area contributed by atoms with E-state index in [0.717, 1.165) is 258 Å². The van der Waals surface area contributed by atoms with Crippen LogP contribution in [0.15, 0.2) is 93.2 Å². The monoisotopic (exact) mass is 1710 g/mol. The molecule has 5 aliphatic rings. The number of amides is 3. The molecule has 676 valence electrons. The molecule has 0 radical (unpaired) electrons. The second-order valence-corrected chi connectivity index (χ2v) is 35.2. The van der Waals surface area contributed by atoms with E-state index in [9.17, 15) is 28.8 Å².